The van der Waals surface area contributed by atoms with Crippen LogP contribution in [-0.2, 0) is 17.5 Å². The Morgan fingerprint density at radius 3 is 2.77 bits per heavy atom. The van der Waals surface area contributed by atoms with Gasteiger partial charge in [-0.3, -0.25) is 9.59 Å². The van der Waals surface area contributed by atoms with Crippen LogP contribution in [0.2, 0.25) is 0 Å². The summed E-state index contributed by atoms with van der Waals surface area (Å²) in [6.45, 7) is 1.66. The van der Waals surface area contributed by atoms with Gasteiger partial charge in [-0.2, -0.15) is 23.3 Å². The van der Waals surface area contributed by atoms with Crippen LogP contribution in [0.1, 0.15) is 44.7 Å². The molecule has 3 heterocycles. The van der Waals surface area contributed by atoms with Crippen LogP contribution in [-0.4, -0.2) is 51.1 Å². The molecule has 0 saturated heterocycles. The van der Waals surface area contributed by atoms with Crippen LogP contribution in [0.25, 0.3) is 5.65 Å². The van der Waals surface area contributed by atoms with Crippen molar-refractivity contribution in [3.63, 3.8) is 0 Å². The molecule has 1 aliphatic heterocycles. The highest BCUT2D eigenvalue weighted by Crippen LogP contribution is 2.34. The topological polar surface area (TPSA) is 130 Å². The van der Waals surface area contributed by atoms with Crippen molar-refractivity contribution in [1.29, 1.82) is 0 Å². The normalized spacial score (nSPS) is 13.3. The predicted molar refractivity (Wildman–Crippen MR) is 152 cm³/mol. The molecule has 0 bridgehead atoms. The summed E-state index contributed by atoms with van der Waals surface area (Å²) in [6, 6.07) is 11.3. The first-order valence-corrected chi connectivity index (χ1v) is 13.1. The van der Waals surface area contributed by atoms with Crippen LogP contribution < -0.4 is 16.0 Å². The number of imidazole rings is 1. The van der Waals surface area contributed by atoms with Gasteiger partial charge in [-0.1, -0.05) is 18.1 Å². The quantitative estimate of drug-likeness (QED) is 0.222. The van der Waals surface area contributed by atoms with E-state index in [2.05, 4.69) is 42.9 Å². The van der Waals surface area contributed by atoms with Gasteiger partial charge < -0.3 is 16.0 Å². The number of aryl methyl sites for hydroxylation is 1. The fourth-order valence-electron chi connectivity index (χ4n) is 4.33. The Labute approximate surface area is 243 Å². The first-order valence-electron chi connectivity index (χ1n) is 13.1. The molecule has 1 aliphatic rings. The minimum absolute atomic E-state index is 0.0285. The number of rotatable bonds is 7. The zero-order valence-corrected chi connectivity index (χ0v) is 22.7. The van der Waals surface area contributed by atoms with Gasteiger partial charge in [0.05, 0.1) is 24.0 Å². The van der Waals surface area contributed by atoms with Gasteiger partial charge in [0, 0.05) is 42.5 Å². The van der Waals surface area contributed by atoms with Crippen LogP contribution >= 0.6 is 0 Å². The highest BCUT2D eigenvalue weighted by molar-refractivity contribution is 6.43. The zero-order valence-electron chi connectivity index (χ0n) is 22.7. The highest BCUT2D eigenvalue weighted by atomic mass is 19.4. The smallest absolute Gasteiger partial charge is 0.329 e. The van der Waals surface area contributed by atoms with Gasteiger partial charge in [0.15, 0.2) is 11.4 Å². The average molecular weight is 588 g/mol. The molecular weight excluding hydrogens is 563 g/mol. The van der Waals surface area contributed by atoms with E-state index in [0.29, 0.717) is 16.9 Å². The molecule has 0 atom stereocenters. The molecule has 0 spiro atoms. The standard InChI is InChI=1S/C30H24F3N7O3/c1-18-4-5-20(13-19(18)7-9-23-16-35-27-3-2-11-37-40(23)27)28(42)38-22-8-6-21(24(14-22)30(31,32)33)15-34-12-10-25-26(41)17-36-29(43)39-25/h2-6,8,11,13-14,16,34H,10,12,15,17H2,1H3,(H,36,43)(H,38,42). The van der Waals surface area contributed by atoms with E-state index in [1.165, 1.54) is 12.1 Å². The first kappa shape index (κ1) is 29.2. The number of carbonyl (C=O) groups excluding carboxylic acids is 3. The Morgan fingerprint density at radius 1 is 1.12 bits per heavy atom. The monoisotopic (exact) mass is 587 g/mol. The van der Waals surface area contributed by atoms with E-state index in [0.717, 1.165) is 11.6 Å². The number of Topliss-reactive ketones (excluding diaryl/α,β-unsaturated/α-hetero) is 1. The maximum atomic E-state index is 13.9. The molecule has 13 heteroatoms. The Balaban J connectivity index is 1.28. The number of urea groups is 1. The number of hydrogen-bond donors (Lipinski definition) is 3. The fourth-order valence-corrected chi connectivity index (χ4v) is 4.33. The van der Waals surface area contributed by atoms with Gasteiger partial charge in [-0.05, 0) is 60.4 Å². The minimum atomic E-state index is -4.68. The summed E-state index contributed by atoms with van der Waals surface area (Å²) >= 11 is 0. The third-order valence-electron chi connectivity index (χ3n) is 6.59. The second-order valence-electron chi connectivity index (χ2n) is 9.61. The summed E-state index contributed by atoms with van der Waals surface area (Å²) in [5, 5.41) is 11.9. The van der Waals surface area contributed by atoms with Crippen molar-refractivity contribution in [3.8, 4) is 11.8 Å². The Morgan fingerprint density at radius 2 is 1.95 bits per heavy atom. The number of halogens is 3. The minimum Gasteiger partial charge on any atom is -0.329 e. The van der Waals surface area contributed by atoms with E-state index in [1.54, 1.807) is 47.2 Å². The first-order chi connectivity index (χ1) is 20.6. The van der Waals surface area contributed by atoms with Crippen molar-refractivity contribution in [2.75, 3.05) is 18.4 Å². The summed E-state index contributed by atoms with van der Waals surface area (Å²) in [6.07, 6.45) is -1.38. The number of aliphatic imine (C=N–C) groups is 1. The van der Waals surface area contributed by atoms with Crippen LogP contribution in [0.15, 0.2) is 65.9 Å². The Bertz CT molecular complexity index is 1830. The number of nitrogens with one attached hydrogen (secondary N) is 3. The van der Waals surface area contributed by atoms with Crippen molar-refractivity contribution in [2.24, 2.45) is 4.99 Å². The molecule has 0 saturated carbocycles. The Kier molecular flexibility index (Phi) is 8.31. The van der Waals surface area contributed by atoms with Crippen molar-refractivity contribution in [3.05, 3.63) is 94.4 Å². The molecule has 43 heavy (non-hydrogen) atoms. The van der Waals surface area contributed by atoms with Crippen LogP contribution in [0, 0.1) is 18.8 Å². The van der Waals surface area contributed by atoms with Gasteiger partial charge in [-0.25, -0.2) is 14.3 Å². The van der Waals surface area contributed by atoms with E-state index in [1.807, 2.05) is 6.92 Å². The molecule has 10 nitrogen and oxygen atoms in total. The number of hydrogen-bond acceptors (Lipinski definition) is 6. The number of amides is 3. The lowest BCUT2D eigenvalue weighted by atomic mass is 10.0. The lowest BCUT2D eigenvalue weighted by Crippen LogP contribution is -2.38. The second-order valence-corrected chi connectivity index (χ2v) is 9.61. The SMILES string of the molecule is Cc1ccc(C(=O)Nc2ccc(CNCCC3=NC(=O)NCC3=O)c(C(F)(F)F)c2)cc1C#Cc1cnc2cccnn12. The number of ketones is 1. The van der Waals surface area contributed by atoms with Gasteiger partial charge in [0.1, 0.15) is 5.69 Å². The lowest BCUT2D eigenvalue weighted by molar-refractivity contribution is -0.138. The number of fused-ring (bicyclic) bond motifs is 1. The van der Waals surface area contributed by atoms with E-state index in [9.17, 15) is 27.6 Å². The van der Waals surface area contributed by atoms with Crippen molar-refractivity contribution >= 4 is 34.8 Å². The number of carbonyl (C=O) groups is 3. The fraction of sp³-hybridized carbons (Fsp3) is 0.200. The molecule has 4 aromatic rings. The van der Waals surface area contributed by atoms with Crippen LogP contribution in [0.3, 0.4) is 0 Å². The highest BCUT2D eigenvalue weighted by Gasteiger charge is 2.33. The van der Waals surface area contributed by atoms with Gasteiger partial charge in [-0.15, -0.1) is 0 Å². The van der Waals surface area contributed by atoms with Crippen molar-refractivity contribution in [1.82, 2.24) is 25.2 Å². The molecule has 218 valence electrons. The largest absolute Gasteiger partial charge is 0.416 e. The number of anilines is 1. The molecule has 0 fully saturated rings. The summed E-state index contributed by atoms with van der Waals surface area (Å²) in [5.74, 6) is 5.08. The number of benzene rings is 2. The van der Waals surface area contributed by atoms with E-state index in [4.69, 9.17) is 0 Å². The maximum absolute atomic E-state index is 13.9. The number of alkyl halides is 3. The zero-order chi connectivity index (χ0) is 30.6. The van der Waals surface area contributed by atoms with Gasteiger partial charge >= 0.3 is 12.2 Å². The molecule has 3 N–H and O–H groups in total. The molecule has 3 amide bonds. The van der Waals surface area contributed by atoms with Crippen LogP contribution in [0.5, 0.6) is 0 Å². The second kappa shape index (κ2) is 12.3. The summed E-state index contributed by atoms with van der Waals surface area (Å²) in [4.78, 5) is 44.0. The molecular formula is C30H24F3N7O3. The Hall–Kier alpha value is -5.35. The van der Waals surface area contributed by atoms with E-state index >= 15 is 0 Å². The average Bonchev–Trinajstić information content (AvgIpc) is 3.39. The van der Waals surface area contributed by atoms with Gasteiger partial charge in [0.2, 0.25) is 0 Å². The summed E-state index contributed by atoms with van der Waals surface area (Å²) < 4.78 is 43.3. The van der Waals surface area contributed by atoms with Crippen LogP contribution in [0.4, 0.5) is 23.7 Å². The van der Waals surface area contributed by atoms with Crippen molar-refractivity contribution in [2.45, 2.75) is 26.1 Å². The molecule has 0 radical (unpaired) electrons. The third-order valence-corrected chi connectivity index (χ3v) is 6.59. The van der Waals surface area contributed by atoms with Gasteiger partial charge in [0.25, 0.3) is 5.91 Å². The van der Waals surface area contributed by atoms with E-state index < -0.39 is 23.7 Å². The summed E-state index contributed by atoms with van der Waals surface area (Å²) in [5.41, 5.74) is 1.88. The summed E-state index contributed by atoms with van der Waals surface area (Å²) in [7, 11) is 0. The molecule has 2 aromatic carbocycles. The number of nitrogens with zero attached hydrogens (tertiary/aromatic N) is 4. The maximum Gasteiger partial charge on any atom is 0.416 e. The van der Waals surface area contributed by atoms with Crippen molar-refractivity contribution < 1.29 is 27.6 Å². The lowest BCUT2D eigenvalue weighted by Gasteiger charge is -2.16. The predicted octanol–water partition coefficient (Wildman–Crippen LogP) is 3.92. The number of aromatic nitrogens is 3. The third kappa shape index (κ3) is 6.94. The molecule has 2 aromatic heterocycles. The molecule has 0 aliphatic carbocycles. The molecule has 5 rings (SSSR count). The van der Waals surface area contributed by atoms with E-state index in [-0.39, 0.29) is 54.4 Å². The molecule has 0 unspecified atom stereocenters.